The van der Waals surface area contributed by atoms with Gasteiger partial charge in [0, 0.05) is 43.7 Å². The second-order valence-corrected chi connectivity index (χ2v) is 17.5. The van der Waals surface area contributed by atoms with E-state index >= 15 is 0 Å². The van der Waals surface area contributed by atoms with Crippen molar-refractivity contribution in [3.63, 3.8) is 0 Å². The molecule has 8 fully saturated rings. The molecule has 264 valence electrons. The van der Waals surface area contributed by atoms with Crippen LogP contribution in [0.15, 0.2) is 45.3 Å². The van der Waals surface area contributed by atoms with Crippen molar-refractivity contribution in [2.75, 3.05) is 13.2 Å². The minimum absolute atomic E-state index is 0.0152. The molecule has 4 N–H and O–H groups in total. The third kappa shape index (κ3) is 5.14. The third-order valence-electron chi connectivity index (χ3n) is 12.6. The number of fused-ring (bicyclic) bond motifs is 10. The highest BCUT2D eigenvalue weighted by atomic mass is 79.9. The molecule has 10 aliphatic rings. The van der Waals surface area contributed by atoms with Gasteiger partial charge < -0.3 is 34.9 Å². The lowest BCUT2D eigenvalue weighted by molar-refractivity contribution is -0.163. The van der Waals surface area contributed by atoms with Crippen LogP contribution in [0.25, 0.3) is 0 Å². The Morgan fingerprint density at radius 3 is 1.50 bits per heavy atom. The van der Waals surface area contributed by atoms with Gasteiger partial charge in [0.1, 0.15) is 23.7 Å². The van der Waals surface area contributed by atoms with E-state index in [4.69, 9.17) is 31.2 Å². The average Bonchev–Trinajstić information content (AvgIpc) is 3.58. The summed E-state index contributed by atoms with van der Waals surface area (Å²) in [4.78, 5) is 37.6. The number of imide groups is 1. The number of hydrogen-bond donors (Lipinski definition) is 4. The molecule has 4 amide bonds. The van der Waals surface area contributed by atoms with Crippen molar-refractivity contribution in [1.29, 1.82) is 0 Å². The van der Waals surface area contributed by atoms with Gasteiger partial charge in [0.25, 0.3) is 11.8 Å². The minimum atomic E-state index is -1.07. The number of hydrogen-bond acceptors (Lipinski definition) is 8. The number of halogens is 2. The summed E-state index contributed by atoms with van der Waals surface area (Å²) < 4.78 is 26.6. The molecule has 2 aromatic rings. The van der Waals surface area contributed by atoms with Crippen LogP contribution in [-0.4, -0.2) is 60.6 Å². The molecule has 8 aliphatic heterocycles. The summed E-state index contributed by atoms with van der Waals surface area (Å²) in [6, 6.07) is 11.0. The first kappa shape index (κ1) is 33.1. The molecule has 2 aliphatic carbocycles. The molecule has 8 heterocycles. The summed E-state index contributed by atoms with van der Waals surface area (Å²) in [5.74, 6) is 1.03. The zero-order valence-corrected chi connectivity index (χ0v) is 31.3. The summed E-state index contributed by atoms with van der Waals surface area (Å²) in [6.07, 6.45) is 10.1. The van der Waals surface area contributed by atoms with E-state index in [2.05, 4.69) is 53.1 Å². The van der Waals surface area contributed by atoms with E-state index in [1.165, 1.54) is 0 Å². The Bertz CT molecular complexity index is 1650. The monoisotopic (exact) mass is 828 g/mol. The van der Waals surface area contributed by atoms with Crippen molar-refractivity contribution in [2.24, 2.45) is 10.8 Å². The topological polar surface area (TPSA) is 136 Å². The Morgan fingerprint density at radius 1 is 0.660 bits per heavy atom. The lowest BCUT2D eigenvalue weighted by Crippen LogP contribution is -2.58. The molecular formula is C36H38Br2N4O7S. The molecule has 6 saturated heterocycles. The highest BCUT2D eigenvalue weighted by molar-refractivity contribution is 9.10. The molecule has 4 atom stereocenters. The van der Waals surface area contributed by atoms with E-state index in [0.717, 1.165) is 78.2 Å². The number of benzene rings is 2. The zero-order valence-electron chi connectivity index (χ0n) is 27.3. The number of amides is 4. The highest BCUT2D eigenvalue weighted by Crippen LogP contribution is 2.55. The minimum Gasteiger partial charge on any atom is -0.489 e. The van der Waals surface area contributed by atoms with Crippen molar-refractivity contribution in [2.45, 2.75) is 99.7 Å². The first-order valence-corrected chi connectivity index (χ1v) is 19.4. The Labute approximate surface area is 311 Å². The maximum Gasteiger partial charge on any atom is 0.322 e. The van der Waals surface area contributed by atoms with E-state index in [1.807, 2.05) is 36.4 Å². The third-order valence-corrected chi connectivity index (χ3v) is 13.8. The number of ether oxygens (including phenoxy) is 4. The number of carbonyl (C=O) groups excluding carboxylic acids is 3. The van der Waals surface area contributed by atoms with Gasteiger partial charge in [0.05, 0.1) is 25.4 Å². The molecule has 50 heavy (non-hydrogen) atoms. The zero-order chi connectivity index (χ0) is 34.5. The van der Waals surface area contributed by atoms with Crippen molar-refractivity contribution < 1.29 is 33.3 Å². The average molecular weight is 831 g/mol. The van der Waals surface area contributed by atoms with Crippen LogP contribution in [0.3, 0.4) is 0 Å². The molecule has 12 rings (SSSR count). The fourth-order valence-corrected chi connectivity index (χ4v) is 10.7. The number of rotatable bonds is 2. The molecule has 4 unspecified atom stereocenters. The van der Waals surface area contributed by atoms with Gasteiger partial charge in [0.2, 0.25) is 0 Å². The quantitative estimate of drug-likeness (QED) is 0.233. The van der Waals surface area contributed by atoms with Gasteiger partial charge in [-0.15, -0.1) is 0 Å². The molecule has 4 bridgehead atoms. The lowest BCUT2D eigenvalue weighted by atomic mass is 9.64. The summed E-state index contributed by atoms with van der Waals surface area (Å²) in [7, 11) is 0. The normalized spacial score (nSPS) is 38.9. The maximum absolute atomic E-state index is 12.9. The van der Waals surface area contributed by atoms with Crippen LogP contribution in [0.1, 0.15) is 75.3 Å². The van der Waals surface area contributed by atoms with Crippen LogP contribution in [0.2, 0.25) is 0 Å². The summed E-state index contributed by atoms with van der Waals surface area (Å²) in [5.41, 5.74) is -0.469. The van der Waals surface area contributed by atoms with Crippen molar-refractivity contribution >= 4 is 67.0 Å². The van der Waals surface area contributed by atoms with E-state index in [-0.39, 0.29) is 34.9 Å². The number of urea groups is 1. The van der Waals surface area contributed by atoms with Crippen molar-refractivity contribution in [3.8, 4) is 11.5 Å². The molecule has 0 radical (unpaired) electrons. The van der Waals surface area contributed by atoms with E-state index < -0.39 is 17.1 Å². The van der Waals surface area contributed by atoms with Crippen LogP contribution in [-0.2, 0) is 30.1 Å². The molecule has 11 nitrogen and oxygen atoms in total. The van der Waals surface area contributed by atoms with Crippen LogP contribution in [0.4, 0.5) is 4.79 Å². The van der Waals surface area contributed by atoms with Gasteiger partial charge in [-0.1, -0.05) is 31.9 Å². The van der Waals surface area contributed by atoms with Crippen LogP contribution in [0, 0.1) is 10.8 Å². The van der Waals surface area contributed by atoms with Gasteiger partial charge in [-0.2, -0.15) is 0 Å². The Morgan fingerprint density at radius 2 is 1.12 bits per heavy atom. The molecule has 2 saturated carbocycles. The van der Waals surface area contributed by atoms with E-state index in [1.54, 1.807) is 0 Å². The van der Waals surface area contributed by atoms with Gasteiger partial charge in [-0.25, -0.2) is 4.79 Å². The summed E-state index contributed by atoms with van der Waals surface area (Å²) in [6.45, 7) is 1.39. The second kappa shape index (κ2) is 11.9. The number of nitrogens with one attached hydrogen (secondary N) is 4. The first-order chi connectivity index (χ1) is 24.0. The lowest BCUT2D eigenvalue weighted by Gasteiger charge is -2.53. The maximum atomic E-state index is 12.9. The summed E-state index contributed by atoms with van der Waals surface area (Å²) in [5, 5.41) is 11.7. The molecule has 2 aromatic carbocycles. The number of thiocarbonyl (C=S) groups is 1. The number of carbonyl (C=O) groups is 3. The Kier molecular flexibility index (Phi) is 7.86. The highest BCUT2D eigenvalue weighted by Gasteiger charge is 2.60. The van der Waals surface area contributed by atoms with Crippen molar-refractivity contribution in [1.82, 2.24) is 21.3 Å². The smallest absolute Gasteiger partial charge is 0.322 e. The van der Waals surface area contributed by atoms with Gasteiger partial charge in [-0.05, 0) is 100.0 Å². The van der Waals surface area contributed by atoms with Gasteiger partial charge in [-0.3, -0.25) is 14.9 Å². The predicted octanol–water partition coefficient (Wildman–Crippen LogP) is 5.35. The van der Waals surface area contributed by atoms with Crippen molar-refractivity contribution in [3.05, 3.63) is 56.5 Å². The van der Waals surface area contributed by atoms with Crippen LogP contribution in [0.5, 0.6) is 11.5 Å². The van der Waals surface area contributed by atoms with Crippen LogP contribution >= 0.6 is 44.1 Å². The standard InChI is InChI=1S/C18H19BrN2O4.C18H19BrN2O3S/c19-10-1-2-13-12(7-10)18(15(22)20-16(23)21-18)8-14(25-13)17-5-3-11(4-6-17)24-9-17;19-10-1-2-13-12(7-10)18(15(22)20-16(25)21-18)8-14(24-13)17-5-3-11(4-6-17)23-9-17/h1-2,7,11,14H,3-6,8-9H2,(H2,20,21,22,23);1-2,7,11,14H,3-6,8-9H2,(H2,20,21,22,25). The SMILES string of the molecule is O=C1NC(=O)C2(CC(C34CCC(CC3)OC4)Oc3ccc(Br)cc32)N1.O=C1NC(=S)NC12CC(C13CCC(CC1)OC3)Oc1ccc(Br)cc12. The van der Waals surface area contributed by atoms with Gasteiger partial charge in [0.15, 0.2) is 16.2 Å². The van der Waals surface area contributed by atoms with E-state index in [9.17, 15) is 14.4 Å². The Hall–Kier alpha value is -2.78. The largest absolute Gasteiger partial charge is 0.489 e. The molecule has 2 spiro atoms. The fraction of sp³-hybridized carbons (Fsp3) is 0.556. The first-order valence-electron chi connectivity index (χ1n) is 17.5. The predicted molar refractivity (Wildman–Crippen MR) is 192 cm³/mol. The Balaban J connectivity index is 0.000000135. The summed E-state index contributed by atoms with van der Waals surface area (Å²) >= 11 is 12.2. The fourth-order valence-electron chi connectivity index (χ4n) is 9.73. The molecular weight excluding hydrogens is 792 g/mol. The van der Waals surface area contributed by atoms with Crippen LogP contribution < -0.4 is 30.7 Å². The van der Waals surface area contributed by atoms with E-state index in [0.29, 0.717) is 48.1 Å². The molecule has 0 aromatic heterocycles. The van der Waals surface area contributed by atoms with Gasteiger partial charge >= 0.3 is 6.03 Å². The molecule has 14 heteroatoms. The second-order valence-electron chi connectivity index (χ2n) is 15.3.